The number of anilines is 1. The molecule has 0 spiro atoms. The first-order chi connectivity index (χ1) is 17.7. The van der Waals surface area contributed by atoms with Crippen LogP contribution in [0, 0.1) is 17.8 Å². The predicted octanol–water partition coefficient (Wildman–Crippen LogP) is 2.81. The molecule has 37 heavy (non-hydrogen) atoms. The highest BCUT2D eigenvalue weighted by Gasteiger charge is 2.53. The summed E-state index contributed by atoms with van der Waals surface area (Å²) in [6, 6.07) is 6.46. The van der Waals surface area contributed by atoms with Crippen molar-refractivity contribution < 1.29 is 19.1 Å². The van der Waals surface area contributed by atoms with E-state index in [4.69, 9.17) is 4.74 Å². The summed E-state index contributed by atoms with van der Waals surface area (Å²) < 4.78 is 5.80. The van der Waals surface area contributed by atoms with Gasteiger partial charge in [-0.25, -0.2) is 0 Å². The van der Waals surface area contributed by atoms with Crippen LogP contribution in [0.15, 0.2) is 24.3 Å². The van der Waals surface area contributed by atoms with Gasteiger partial charge in [-0.1, -0.05) is 34.6 Å². The van der Waals surface area contributed by atoms with Crippen molar-refractivity contribution in [2.24, 2.45) is 17.8 Å². The van der Waals surface area contributed by atoms with Crippen molar-refractivity contribution in [1.82, 2.24) is 15.1 Å². The van der Waals surface area contributed by atoms with Gasteiger partial charge in [0.1, 0.15) is 18.7 Å². The molecular weight excluding hydrogens is 468 g/mol. The first-order valence-electron chi connectivity index (χ1n) is 14.0. The van der Waals surface area contributed by atoms with Crippen molar-refractivity contribution in [3.05, 3.63) is 29.8 Å². The second kappa shape index (κ2) is 11.9. The standard InChI is InChI=1S/C29H44N4O4/c1-6-11-31-12-14-32(15-13-31)22-9-7-21(8-10-22)28(35)30-24(16-19(2)3)29(36)33-17-23(20(4)5)27-26(33)25(34)18-37-27/h7-10,19-20,23-24,26-27H,6,11-18H2,1-5H3,(H,30,35)/t23-,24-,26+,27+/m0/s1. The number of hydrogen-bond acceptors (Lipinski definition) is 6. The number of nitrogens with one attached hydrogen (secondary N) is 1. The highest BCUT2D eigenvalue weighted by molar-refractivity contribution is 5.99. The third-order valence-electron chi connectivity index (χ3n) is 8.08. The molecule has 0 saturated carbocycles. The molecule has 204 valence electrons. The predicted molar refractivity (Wildman–Crippen MR) is 145 cm³/mol. The van der Waals surface area contributed by atoms with Gasteiger partial charge >= 0.3 is 0 Å². The highest BCUT2D eigenvalue weighted by atomic mass is 16.5. The Kier molecular flexibility index (Phi) is 8.90. The third-order valence-corrected chi connectivity index (χ3v) is 8.08. The van der Waals surface area contributed by atoms with Crippen LogP contribution in [0.3, 0.4) is 0 Å². The van der Waals surface area contributed by atoms with Gasteiger partial charge in [-0.05, 0) is 55.5 Å². The molecule has 3 aliphatic rings. The van der Waals surface area contributed by atoms with Crippen LogP contribution in [0.1, 0.15) is 57.8 Å². The molecule has 0 aromatic heterocycles. The fourth-order valence-corrected chi connectivity index (χ4v) is 6.01. The van der Waals surface area contributed by atoms with E-state index in [-0.39, 0.29) is 42.1 Å². The SMILES string of the molecule is CCCN1CCN(c2ccc(C(=O)N[C@@H](CC(C)C)C(=O)N3C[C@@H](C(C)C)[C@H]4OCC(=O)[C@H]43)cc2)CC1. The number of likely N-dealkylation sites (tertiary alicyclic amines) is 1. The summed E-state index contributed by atoms with van der Waals surface area (Å²) in [6.07, 6.45) is 1.44. The van der Waals surface area contributed by atoms with E-state index in [9.17, 15) is 14.4 Å². The largest absolute Gasteiger partial charge is 0.369 e. The molecule has 1 aromatic carbocycles. The quantitative estimate of drug-likeness (QED) is 0.548. The Hall–Kier alpha value is -2.45. The molecule has 0 aliphatic carbocycles. The number of ether oxygens (including phenoxy) is 1. The van der Waals surface area contributed by atoms with Gasteiger partial charge in [0.25, 0.3) is 5.91 Å². The second-order valence-corrected chi connectivity index (χ2v) is 11.6. The lowest BCUT2D eigenvalue weighted by molar-refractivity contribution is -0.138. The highest BCUT2D eigenvalue weighted by Crippen LogP contribution is 2.36. The summed E-state index contributed by atoms with van der Waals surface area (Å²) in [5.41, 5.74) is 1.65. The summed E-state index contributed by atoms with van der Waals surface area (Å²) in [6.45, 7) is 16.2. The number of amides is 2. The van der Waals surface area contributed by atoms with E-state index in [1.165, 1.54) is 6.42 Å². The summed E-state index contributed by atoms with van der Waals surface area (Å²) >= 11 is 0. The number of hydrogen-bond donors (Lipinski definition) is 1. The van der Waals surface area contributed by atoms with Gasteiger partial charge in [-0.2, -0.15) is 0 Å². The van der Waals surface area contributed by atoms with Crippen LogP contribution in [0.2, 0.25) is 0 Å². The van der Waals surface area contributed by atoms with Gasteiger partial charge in [0.2, 0.25) is 5.91 Å². The Morgan fingerprint density at radius 3 is 2.32 bits per heavy atom. The molecular formula is C29H44N4O4. The molecule has 0 radical (unpaired) electrons. The number of carbonyl (C=O) groups excluding carboxylic acids is 3. The summed E-state index contributed by atoms with van der Waals surface area (Å²) in [7, 11) is 0. The third kappa shape index (κ3) is 6.17. The van der Waals surface area contributed by atoms with Gasteiger partial charge in [0.05, 0.1) is 6.10 Å². The fourth-order valence-electron chi connectivity index (χ4n) is 6.01. The Bertz CT molecular complexity index is 955. The lowest BCUT2D eigenvalue weighted by Gasteiger charge is -2.36. The van der Waals surface area contributed by atoms with Crippen LogP contribution < -0.4 is 10.2 Å². The monoisotopic (exact) mass is 512 g/mol. The number of benzene rings is 1. The van der Waals surface area contributed by atoms with Crippen molar-refractivity contribution in [3.8, 4) is 0 Å². The van der Waals surface area contributed by atoms with Crippen LogP contribution in [-0.4, -0.2) is 91.5 Å². The van der Waals surface area contributed by atoms with E-state index in [2.05, 4.69) is 35.9 Å². The molecule has 3 aliphatic heterocycles. The van der Waals surface area contributed by atoms with Gasteiger partial charge < -0.3 is 19.9 Å². The minimum atomic E-state index is -0.682. The van der Waals surface area contributed by atoms with Crippen molar-refractivity contribution in [2.75, 3.05) is 50.8 Å². The van der Waals surface area contributed by atoms with Crippen LogP contribution in [0.4, 0.5) is 5.69 Å². The van der Waals surface area contributed by atoms with E-state index in [0.717, 1.165) is 38.4 Å². The summed E-state index contributed by atoms with van der Waals surface area (Å²) in [5.74, 6) is 0.138. The number of Topliss-reactive ketones (excluding diaryl/α,β-unsaturated/α-hetero) is 1. The maximum Gasteiger partial charge on any atom is 0.251 e. The number of ketones is 1. The smallest absolute Gasteiger partial charge is 0.251 e. The Balaban J connectivity index is 1.42. The number of nitrogens with zero attached hydrogens (tertiary/aromatic N) is 3. The van der Waals surface area contributed by atoms with E-state index in [0.29, 0.717) is 24.4 Å². The number of fused-ring (bicyclic) bond motifs is 1. The lowest BCUT2D eigenvalue weighted by atomic mass is 9.91. The molecule has 3 fully saturated rings. The topological polar surface area (TPSA) is 82.2 Å². The van der Waals surface area contributed by atoms with Crippen LogP contribution >= 0.6 is 0 Å². The first-order valence-corrected chi connectivity index (χ1v) is 14.0. The summed E-state index contributed by atoms with van der Waals surface area (Å²) in [5, 5.41) is 3.00. The fraction of sp³-hybridized carbons (Fsp3) is 0.690. The van der Waals surface area contributed by atoms with Crippen LogP contribution in [-0.2, 0) is 14.3 Å². The van der Waals surface area contributed by atoms with E-state index >= 15 is 0 Å². The molecule has 1 N–H and O–H groups in total. The van der Waals surface area contributed by atoms with Crippen molar-refractivity contribution in [2.45, 2.75) is 65.6 Å². The zero-order valence-corrected chi connectivity index (χ0v) is 23.1. The molecule has 4 atom stereocenters. The van der Waals surface area contributed by atoms with Gasteiger partial charge in [-0.3, -0.25) is 19.3 Å². The molecule has 8 heteroatoms. The molecule has 0 bridgehead atoms. The first kappa shape index (κ1) is 27.6. The zero-order valence-electron chi connectivity index (χ0n) is 23.1. The van der Waals surface area contributed by atoms with Gasteiger partial charge in [0, 0.05) is 49.9 Å². The van der Waals surface area contributed by atoms with Crippen molar-refractivity contribution in [1.29, 1.82) is 0 Å². The minimum Gasteiger partial charge on any atom is -0.369 e. The molecule has 0 unspecified atom stereocenters. The van der Waals surface area contributed by atoms with Gasteiger partial charge in [-0.15, -0.1) is 0 Å². The molecule has 3 heterocycles. The number of rotatable bonds is 9. The minimum absolute atomic E-state index is 0.0396. The summed E-state index contributed by atoms with van der Waals surface area (Å²) in [4.78, 5) is 46.1. The van der Waals surface area contributed by atoms with Crippen LogP contribution in [0.5, 0.6) is 0 Å². The van der Waals surface area contributed by atoms with Crippen molar-refractivity contribution >= 4 is 23.3 Å². The maximum atomic E-state index is 13.7. The molecule has 4 rings (SSSR count). The zero-order chi connectivity index (χ0) is 26.7. The molecule has 8 nitrogen and oxygen atoms in total. The molecule has 3 saturated heterocycles. The Morgan fingerprint density at radius 2 is 1.73 bits per heavy atom. The molecule has 2 amide bonds. The van der Waals surface area contributed by atoms with E-state index in [1.807, 2.05) is 38.1 Å². The normalized spacial score (nSPS) is 25.2. The lowest BCUT2D eigenvalue weighted by Crippen LogP contribution is -2.52. The maximum absolute atomic E-state index is 13.7. The van der Waals surface area contributed by atoms with Gasteiger partial charge in [0.15, 0.2) is 5.78 Å². The Labute approximate surface area is 221 Å². The van der Waals surface area contributed by atoms with Crippen LogP contribution in [0.25, 0.3) is 0 Å². The number of carbonyl (C=O) groups is 3. The van der Waals surface area contributed by atoms with E-state index in [1.54, 1.807) is 4.90 Å². The van der Waals surface area contributed by atoms with E-state index < -0.39 is 12.1 Å². The average molecular weight is 513 g/mol. The second-order valence-electron chi connectivity index (χ2n) is 11.6. The number of piperazine rings is 1. The molecule has 1 aromatic rings. The average Bonchev–Trinajstić information content (AvgIpc) is 3.44. The van der Waals surface area contributed by atoms with Crippen molar-refractivity contribution in [3.63, 3.8) is 0 Å². The Morgan fingerprint density at radius 1 is 1.05 bits per heavy atom.